The standard InChI is InChI=1S/C11H18N2O3/c14-10-3-5-13(6-4-12-10)11(15)8-9-2-1-7-16-9/h9H,1-8H2,(H,12,14). The van der Waals surface area contributed by atoms with E-state index in [4.69, 9.17) is 4.74 Å². The Morgan fingerprint density at radius 3 is 3.12 bits per heavy atom. The van der Waals surface area contributed by atoms with Gasteiger partial charge in [-0.15, -0.1) is 0 Å². The lowest BCUT2D eigenvalue weighted by Gasteiger charge is -2.21. The summed E-state index contributed by atoms with van der Waals surface area (Å²) in [5.41, 5.74) is 0. The molecule has 1 N–H and O–H groups in total. The van der Waals surface area contributed by atoms with E-state index in [2.05, 4.69) is 5.32 Å². The fraction of sp³-hybridized carbons (Fsp3) is 0.818. The van der Waals surface area contributed by atoms with Crippen LogP contribution >= 0.6 is 0 Å². The van der Waals surface area contributed by atoms with Crippen LogP contribution in [0.5, 0.6) is 0 Å². The van der Waals surface area contributed by atoms with Crippen LogP contribution in [-0.2, 0) is 14.3 Å². The van der Waals surface area contributed by atoms with Crippen LogP contribution in [0, 0.1) is 0 Å². The second kappa shape index (κ2) is 5.30. The van der Waals surface area contributed by atoms with E-state index < -0.39 is 0 Å². The van der Waals surface area contributed by atoms with Crippen molar-refractivity contribution in [2.24, 2.45) is 0 Å². The minimum absolute atomic E-state index is 0.0346. The molecule has 5 nitrogen and oxygen atoms in total. The molecule has 0 aromatic rings. The molecule has 2 rings (SSSR count). The van der Waals surface area contributed by atoms with Crippen molar-refractivity contribution in [2.75, 3.05) is 26.2 Å². The Kier molecular flexibility index (Phi) is 3.77. The fourth-order valence-corrected chi connectivity index (χ4v) is 2.15. The molecule has 0 radical (unpaired) electrons. The van der Waals surface area contributed by atoms with Gasteiger partial charge in [0.25, 0.3) is 0 Å². The van der Waals surface area contributed by atoms with Crippen LogP contribution in [0.2, 0.25) is 0 Å². The lowest BCUT2D eigenvalue weighted by molar-refractivity contribution is -0.133. The summed E-state index contributed by atoms with van der Waals surface area (Å²) >= 11 is 0. The number of nitrogens with zero attached hydrogens (tertiary/aromatic N) is 1. The van der Waals surface area contributed by atoms with Gasteiger partial charge in [-0.2, -0.15) is 0 Å². The van der Waals surface area contributed by atoms with Gasteiger partial charge < -0.3 is 15.0 Å². The molecule has 0 aromatic heterocycles. The van der Waals surface area contributed by atoms with E-state index >= 15 is 0 Å². The van der Waals surface area contributed by atoms with E-state index in [9.17, 15) is 9.59 Å². The maximum Gasteiger partial charge on any atom is 0.225 e. The number of amides is 2. The Morgan fingerprint density at radius 1 is 1.50 bits per heavy atom. The van der Waals surface area contributed by atoms with Crippen LogP contribution in [0.1, 0.15) is 25.7 Å². The lowest BCUT2D eigenvalue weighted by Crippen LogP contribution is -2.36. The molecule has 16 heavy (non-hydrogen) atoms. The molecular weight excluding hydrogens is 208 g/mol. The zero-order chi connectivity index (χ0) is 11.4. The SMILES string of the molecule is O=C1CCN(C(=O)CC2CCCO2)CCN1. The Balaban J connectivity index is 1.81. The number of rotatable bonds is 2. The monoisotopic (exact) mass is 226 g/mol. The summed E-state index contributed by atoms with van der Waals surface area (Å²) in [6.07, 6.45) is 3.01. The maximum absolute atomic E-state index is 11.9. The van der Waals surface area contributed by atoms with Crippen molar-refractivity contribution in [3.63, 3.8) is 0 Å². The highest BCUT2D eigenvalue weighted by Gasteiger charge is 2.24. The molecular formula is C11H18N2O3. The summed E-state index contributed by atoms with van der Waals surface area (Å²) in [5.74, 6) is 0.149. The predicted octanol–water partition coefficient (Wildman–Crippen LogP) is -0.0960. The van der Waals surface area contributed by atoms with Crippen molar-refractivity contribution in [2.45, 2.75) is 31.8 Å². The van der Waals surface area contributed by atoms with Crippen molar-refractivity contribution in [3.05, 3.63) is 0 Å². The fourth-order valence-electron chi connectivity index (χ4n) is 2.15. The van der Waals surface area contributed by atoms with Crippen LogP contribution < -0.4 is 5.32 Å². The number of carbonyl (C=O) groups is 2. The number of nitrogens with one attached hydrogen (secondary N) is 1. The van der Waals surface area contributed by atoms with E-state index in [1.165, 1.54) is 0 Å². The minimum atomic E-state index is 0.0346. The smallest absolute Gasteiger partial charge is 0.225 e. The molecule has 2 fully saturated rings. The summed E-state index contributed by atoms with van der Waals surface area (Å²) in [7, 11) is 0. The number of carbonyl (C=O) groups excluding carboxylic acids is 2. The summed E-state index contributed by atoms with van der Waals surface area (Å²) < 4.78 is 5.44. The van der Waals surface area contributed by atoms with E-state index in [0.29, 0.717) is 32.5 Å². The van der Waals surface area contributed by atoms with E-state index in [1.807, 2.05) is 0 Å². The van der Waals surface area contributed by atoms with Gasteiger partial charge in [-0.25, -0.2) is 0 Å². The third-order valence-electron chi connectivity index (χ3n) is 3.09. The zero-order valence-corrected chi connectivity index (χ0v) is 9.41. The molecule has 1 unspecified atom stereocenters. The zero-order valence-electron chi connectivity index (χ0n) is 9.41. The Morgan fingerprint density at radius 2 is 2.38 bits per heavy atom. The molecule has 0 saturated carbocycles. The van der Waals surface area contributed by atoms with Gasteiger partial charge in [0.15, 0.2) is 0 Å². The first-order valence-corrected chi connectivity index (χ1v) is 5.92. The summed E-state index contributed by atoms with van der Waals surface area (Å²) in [5, 5.41) is 2.76. The van der Waals surface area contributed by atoms with Gasteiger partial charge in [0.1, 0.15) is 0 Å². The number of ether oxygens (including phenoxy) is 1. The molecule has 0 bridgehead atoms. The van der Waals surface area contributed by atoms with Gasteiger partial charge in [-0.05, 0) is 12.8 Å². The Hall–Kier alpha value is -1.10. The van der Waals surface area contributed by atoms with E-state index in [1.54, 1.807) is 4.90 Å². The van der Waals surface area contributed by atoms with Crippen LogP contribution in [0.3, 0.4) is 0 Å². The molecule has 2 amide bonds. The Labute approximate surface area is 95.1 Å². The average Bonchev–Trinajstić information content (AvgIpc) is 2.66. The van der Waals surface area contributed by atoms with Gasteiger partial charge in [0.05, 0.1) is 12.5 Å². The van der Waals surface area contributed by atoms with Crippen molar-refractivity contribution in [3.8, 4) is 0 Å². The number of hydrogen-bond acceptors (Lipinski definition) is 3. The van der Waals surface area contributed by atoms with E-state index in [0.717, 1.165) is 19.4 Å². The van der Waals surface area contributed by atoms with Gasteiger partial charge in [-0.1, -0.05) is 0 Å². The highest BCUT2D eigenvalue weighted by Crippen LogP contribution is 2.16. The highest BCUT2D eigenvalue weighted by atomic mass is 16.5. The third-order valence-corrected chi connectivity index (χ3v) is 3.09. The summed E-state index contributed by atoms with van der Waals surface area (Å²) in [6, 6.07) is 0. The van der Waals surface area contributed by atoms with Crippen LogP contribution in [0.25, 0.3) is 0 Å². The molecule has 2 aliphatic rings. The Bertz CT molecular complexity index is 274. The third kappa shape index (κ3) is 2.95. The normalized spacial score (nSPS) is 26.4. The molecule has 2 saturated heterocycles. The average molecular weight is 226 g/mol. The molecule has 1 atom stereocenters. The molecule has 0 spiro atoms. The summed E-state index contributed by atoms with van der Waals surface area (Å²) in [4.78, 5) is 24.8. The molecule has 2 heterocycles. The molecule has 90 valence electrons. The quantitative estimate of drug-likeness (QED) is 0.715. The molecule has 5 heteroatoms. The first kappa shape index (κ1) is 11.4. The van der Waals surface area contributed by atoms with Gasteiger partial charge >= 0.3 is 0 Å². The molecule has 0 aromatic carbocycles. The summed E-state index contributed by atoms with van der Waals surface area (Å²) in [6.45, 7) is 2.50. The minimum Gasteiger partial charge on any atom is -0.378 e. The molecule has 0 aliphatic carbocycles. The highest BCUT2D eigenvalue weighted by molar-refractivity contribution is 5.80. The van der Waals surface area contributed by atoms with Gasteiger partial charge in [0.2, 0.25) is 11.8 Å². The van der Waals surface area contributed by atoms with Gasteiger partial charge in [0, 0.05) is 32.7 Å². The topological polar surface area (TPSA) is 58.6 Å². The predicted molar refractivity (Wildman–Crippen MR) is 57.8 cm³/mol. The van der Waals surface area contributed by atoms with Crippen molar-refractivity contribution in [1.29, 1.82) is 0 Å². The largest absolute Gasteiger partial charge is 0.378 e. The van der Waals surface area contributed by atoms with Gasteiger partial charge in [-0.3, -0.25) is 9.59 Å². The maximum atomic E-state index is 11.9. The molecule has 2 aliphatic heterocycles. The lowest BCUT2D eigenvalue weighted by atomic mass is 10.1. The van der Waals surface area contributed by atoms with Crippen molar-refractivity contribution >= 4 is 11.8 Å². The van der Waals surface area contributed by atoms with Crippen molar-refractivity contribution < 1.29 is 14.3 Å². The van der Waals surface area contributed by atoms with Crippen molar-refractivity contribution in [1.82, 2.24) is 10.2 Å². The second-order valence-electron chi connectivity index (χ2n) is 4.32. The van der Waals surface area contributed by atoms with Crippen LogP contribution in [-0.4, -0.2) is 49.1 Å². The van der Waals surface area contributed by atoms with Crippen LogP contribution in [0.15, 0.2) is 0 Å². The first-order valence-electron chi connectivity index (χ1n) is 5.92. The van der Waals surface area contributed by atoms with Crippen LogP contribution in [0.4, 0.5) is 0 Å². The first-order chi connectivity index (χ1) is 7.75. The number of hydrogen-bond donors (Lipinski definition) is 1. The van der Waals surface area contributed by atoms with E-state index in [-0.39, 0.29) is 17.9 Å². The second-order valence-corrected chi connectivity index (χ2v) is 4.32.